The van der Waals surface area contributed by atoms with Crippen molar-refractivity contribution in [3.63, 3.8) is 0 Å². The Labute approximate surface area is 138 Å². The van der Waals surface area contributed by atoms with Crippen LogP contribution in [-0.2, 0) is 13.8 Å². The molecule has 2 heterocycles. The second-order valence-corrected chi connectivity index (χ2v) is 6.34. The Morgan fingerprint density at radius 2 is 2.25 bits per heavy atom. The number of aromatic amines is 1. The van der Waals surface area contributed by atoms with Gasteiger partial charge in [0.15, 0.2) is 17.3 Å². The van der Waals surface area contributed by atoms with Crippen molar-refractivity contribution in [3.05, 3.63) is 26.9 Å². The van der Waals surface area contributed by atoms with Gasteiger partial charge in [-0.15, -0.1) is 0 Å². The fraction of sp³-hybridized carbons (Fsp3) is 0.500. The van der Waals surface area contributed by atoms with Crippen molar-refractivity contribution in [3.8, 4) is 0 Å². The van der Waals surface area contributed by atoms with Crippen molar-refractivity contribution in [2.24, 2.45) is 0 Å². The Morgan fingerprint density at radius 3 is 2.79 bits per heavy atom. The first-order valence-electron chi connectivity index (χ1n) is 6.61. The Morgan fingerprint density at radius 1 is 1.62 bits per heavy atom. The number of carbonyl (C=O) groups excluding carboxylic acids is 1. The van der Waals surface area contributed by atoms with Crippen LogP contribution in [0.25, 0.3) is 0 Å². The van der Waals surface area contributed by atoms with Gasteiger partial charge in [-0.05, 0) is 12.2 Å². The van der Waals surface area contributed by atoms with E-state index in [-0.39, 0.29) is 6.29 Å². The van der Waals surface area contributed by atoms with E-state index in [0.29, 0.717) is 10.8 Å². The summed E-state index contributed by atoms with van der Waals surface area (Å²) in [6.07, 6.45) is -6.86. The molecule has 0 saturated carbocycles. The predicted octanol–water partition coefficient (Wildman–Crippen LogP) is -1.26. The molecule has 1 saturated heterocycles. The number of nitrogens with one attached hydrogen (secondary N) is 1. The molecule has 134 valence electrons. The molecule has 1 fully saturated rings. The second-order valence-electron chi connectivity index (χ2n) is 4.71. The molecular formula is C10H12FN2O9PS. The van der Waals surface area contributed by atoms with E-state index in [1.165, 1.54) is 0 Å². The van der Waals surface area contributed by atoms with Gasteiger partial charge >= 0.3 is 7.82 Å². The van der Waals surface area contributed by atoms with Crippen molar-refractivity contribution < 1.29 is 44.4 Å². The zero-order valence-corrected chi connectivity index (χ0v) is 13.2. The van der Waals surface area contributed by atoms with E-state index in [1.807, 2.05) is 4.98 Å². The molecule has 5 N–H and O–H groups in total. The first kappa shape index (κ1) is 17.5. The number of alkyl halides is 1. The van der Waals surface area contributed by atoms with Crippen molar-refractivity contribution in [1.29, 1.82) is 0 Å². The lowest BCUT2D eigenvalue weighted by Crippen LogP contribution is -2.42. The molecule has 0 aliphatic carbocycles. The van der Waals surface area contributed by atoms with Crippen LogP contribution >= 0.6 is 20.0 Å². The molecule has 0 amide bonds. The average Bonchev–Trinajstić information content (AvgIpc) is 2.67. The maximum absolute atomic E-state index is 14.7. The SMILES string of the molecule is [2H][C@@]1(n2cc(C=O)c(=O)[nH]c2=S)O[C@](F)(COP(=O)(O)O)[C@@H](O)[C@H]1O. The number of ether oxygens (including phenoxy) is 1. The molecule has 1 aliphatic heterocycles. The number of hydrogen-bond donors (Lipinski definition) is 5. The summed E-state index contributed by atoms with van der Waals surface area (Å²) >= 11 is 4.77. The minimum absolute atomic E-state index is 0.102. The summed E-state index contributed by atoms with van der Waals surface area (Å²) in [6, 6.07) is 0. The maximum atomic E-state index is 14.7. The largest absolute Gasteiger partial charge is 0.469 e. The number of aliphatic hydroxyl groups excluding tert-OH is 2. The number of rotatable bonds is 5. The van der Waals surface area contributed by atoms with Gasteiger partial charge in [0.2, 0.25) is 0 Å². The van der Waals surface area contributed by atoms with Gasteiger partial charge in [0.25, 0.3) is 11.4 Å². The summed E-state index contributed by atoms with van der Waals surface area (Å²) in [5, 5.41) is 19.8. The zero-order chi connectivity index (χ0) is 19.2. The van der Waals surface area contributed by atoms with E-state index in [4.69, 9.17) is 23.4 Å². The lowest BCUT2D eigenvalue weighted by molar-refractivity contribution is -0.204. The van der Waals surface area contributed by atoms with Gasteiger partial charge in [-0.25, -0.2) is 8.96 Å². The minimum atomic E-state index is -5.14. The molecule has 0 bridgehead atoms. The van der Waals surface area contributed by atoms with Crippen molar-refractivity contribution in [2.45, 2.75) is 24.3 Å². The molecule has 14 heteroatoms. The number of H-pyrrole nitrogens is 1. The van der Waals surface area contributed by atoms with Crippen molar-refractivity contribution in [2.75, 3.05) is 6.61 Å². The molecular weight excluding hydrogens is 374 g/mol. The highest BCUT2D eigenvalue weighted by molar-refractivity contribution is 7.71. The quantitative estimate of drug-likeness (QED) is 0.233. The second kappa shape index (κ2) is 6.54. The van der Waals surface area contributed by atoms with Crippen LogP contribution in [0.1, 0.15) is 17.9 Å². The van der Waals surface area contributed by atoms with Crippen LogP contribution in [0.2, 0.25) is 0 Å². The Hall–Kier alpha value is -1.31. The van der Waals surface area contributed by atoms with E-state index in [0.717, 1.165) is 0 Å². The smallest absolute Gasteiger partial charge is 0.385 e. The standard InChI is InChI=1S/C10H12FN2O9PS/c11-10(3-21-23(18,19)20)6(16)5(15)8(22-10)13-1-4(2-14)7(17)12-9(13)24/h1-2,5-6,8,15-16H,3H2,(H,12,17,24)(H2,18,19,20)/t5-,6+,8-,10-/m1/s1/i8D. The van der Waals surface area contributed by atoms with Gasteiger partial charge in [-0.3, -0.25) is 23.7 Å². The van der Waals surface area contributed by atoms with E-state index >= 15 is 0 Å². The van der Waals surface area contributed by atoms with Gasteiger partial charge in [-0.2, -0.15) is 0 Å². The van der Waals surface area contributed by atoms with Gasteiger partial charge in [0, 0.05) is 6.20 Å². The normalized spacial score (nSPS) is 34.1. The van der Waals surface area contributed by atoms with Crippen LogP contribution < -0.4 is 5.56 Å². The van der Waals surface area contributed by atoms with E-state index < -0.39 is 54.6 Å². The fourth-order valence-electron chi connectivity index (χ4n) is 1.88. The molecule has 0 aromatic carbocycles. The third kappa shape index (κ3) is 3.68. The molecule has 2 rings (SSSR count). The zero-order valence-electron chi connectivity index (χ0n) is 12.5. The third-order valence-corrected chi connectivity index (χ3v) is 3.80. The molecule has 0 spiro atoms. The number of phosphoric acid groups is 1. The van der Waals surface area contributed by atoms with Crippen LogP contribution in [-0.4, -0.2) is 60.5 Å². The summed E-state index contributed by atoms with van der Waals surface area (Å²) in [4.78, 5) is 41.5. The van der Waals surface area contributed by atoms with Gasteiger partial charge in [0.05, 0.1) is 6.93 Å². The predicted molar refractivity (Wildman–Crippen MR) is 75.2 cm³/mol. The van der Waals surface area contributed by atoms with Gasteiger partial charge in [0.1, 0.15) is 18.8 Å². The number of aldehydes is 1. The summed E-state index contributed by atoms with van der Waals surface area (Å²) in [7, 11) is -5.14. The van der Waals surface area contributed by atoms with Crippen LogP contribution in [0, 0.1) is 4.77 Å². The molecule has 11 nitrogen and oxygen atoms in total. The first-order valence-corrected chi connectivity index (χ1v) is 8.05. The van der Waals surface area contributed by atoms with Crippen LogP contribution in [0.5, 0.6) is 0 Å². The van der Waals surface area contributed by atoms with Crippen LogP contribution in [0.3, 0.4) is 0 Å². The number of hydrogen-bond acceptors (Lipinski definition) is 8. The summed E-state index contributed by atoms with van der Waals surface area (Å²) < 4.78 is 41.9. The highest BCUT2D eigenvalue weighted by Crippen LogP contribution is 2.43. The van der Waals surface area contributed by atoms with Crippen LogP contribution in [0.4, 0.5) is 4.39 Å². The third-order valence-electron chi connectivity index (χ3n) is 3.03. The number of halogens is 1. The molecule has 1 aliphatic rings. The lowest BCUT2D eigenvalue weighted by Gasteiger charge is -2.23. The Balaban J connectivity index is 2.49. The average molecular weight is 387 g/mol. The van der Waals surface area contributed by atoms with Crippen molar-refractivity contribution in [1.82, 2.24) is 9.55 Å². The maximum Gasteiger partial charge on any atom is 0.469 e. The van der Waals surface area contributed by atoms with E-state index in [1.54, 1.807) is 0 Å². The van der Waals surface area contributed by atoms with E-state index in [2.05, 4.69) is 9.26 Å². The monoisotopic (exact) mass is 387 g/mol. The number of phosphoric ester groups is 1. The van der Waals surface area contributed by atoms with Crippen LogP contribution in [0.15, 0.2) is 11.0 Å². The van der Waals surface area contributed by atoms with Gasteiger partial charge < -0.3 is 24.7 Å². The summed E-state index contributed by atoms with van der Waals surface area (Å²) in [5.41, 5.74) is -1.45. The minimum Gasteiger partial charge on any atom is -0.385 e. The number of carbonyl (C=O) groups is 1. The fourth-order valence-corrected chi connectivity index (χ4v) is 2.46. The molecule has 0 radical (unpaired) electrons. The molecule has 4 atom stereocenters. The molecule has 24 heavy (non-hydrogen) atoms. The molecule has 1 aromatic rings. The molecule has 1 aromatic heterocycles. The number of aromatic nitrogens is 2. The van der Waals surface area contributed by atoms with Crippen molar-refractivity contribution >= 4 is 26.3 Å². The number of aliphatic hydroxyl groups is 2. The van der Waals surface area contributed by atoms with Gasteiger partial charge in [-0.1, -0.05) is 0 Å². The highest BCUT2D eigenvalue weighted by atomic mass is 32.1. The number of nitrogens with zero attached hydrogens (tertiary/aromatic N) is 1. The Kier molecular flexibility index (Phi) is 4.77. The summed E-state index contributed by atoms with van der Waals surface area (Å²) in [6.45, 7) is -1.52. The lowest BCUT2D eigenvalue weighted by atomic mass is 10.1. The first-order chi connectivity index (χ1) is 11.3. The Bertz CT molecular complexity index is 858. The van der Waals surface area contributed by atoms with E-state index in [9.17, 15) is 28.8 Å². The summed E-state index contributed by atoms with van der Waals surface area (Å²) in [5.74, 6) is -3.39. The topological polar surface area (TPSA) is 171 Å². The molecule has 0 unspecified atom stereocenters. The highest BCUT2D eigenvalue weighted by Gasteiger charge is 2.57.